The number of carbonyl (C=O) groups excluding carboxylic acids is 1. The van der Waals surface area contributed by atoms with Crippen LogP contribution in [0.3, 0.4) is 0 Å². The van der Waals surface area contributed by atoms with Crippen LogP contribution in [0.5, 0.6) is 0 Å². The minimum Gasteiger partial charge on any atom is -0.481 e. The highest BCUT2D eigenvalue weighted by Crippen LogP contribution is 2.19. The minimum atomic E-state index is -4.71. The van der Waals surface area contributed by atoms with Gasteiger partial charge in [-0.3, -0.25) is 9.59 Å². The lowest BCUT2D eigenvalue weighted by Crippen LogP contribution is -2.38. The second-order valence-electron chi connectivity index (χ2n) is 5.20. The third kappa shape index (κ3) is 4.00. The second kappa shape index (κ2) is 6.39. The van der Waals surface area contributed by atoms with Gasteiger partial charge in [-0.2, -0.15) is 8.78 Å². The van der Waals surface area contributed by atoms with Crippen molar-refractivity contribution in [1.82, 2.24) is 5.32 Å². The van der Waals surface area contributed by atoms with Crippen LogP contribution >= 0.6 is 0 Å². The van der Waals surface area contributed by atoms with Crippen molar-refractivity contribution in [2.75, 3.05) is 6.54 Å². The van der Waals surface area contributed by atoms with Crippen LogP contribution in [-0.2, 0) is 14.6 Å². The number of carboxylic acids is 1. The fraction of sp³-hybridized carbons (Fsp3) is 0.385. The Bertz CT molecular complexity index is 668. The maximum atomic E-state index is 12.4. The quantitative estimate of drug-likeness (QED) is 0.821. The fourth-order valence-electron chi connectivity index (χ4n) is 1.38. The Morgan fingerprint density at radius 3 is 2.14 bits per heavy atom. The summed E-state index contributed by atoms with van der Waals surface area (Å²) in [6.07, 6.45) is 0. The number of sulfone groups is 1. The summed E-state index contributed by atoms with van der Waals surface area (Å²) in [6.45, 7) is 2.71. The maximum Gasteiger partial charge on any atom is 0.341 e. The van der Waals surface area contributed by atoms with Gasteiger partial charge in [0, 0.05) is 12.1 Å². The smallest absolute Gasteiger partial charge is 0.341 e. The van der Waals surface area contributed by atoms with Crippen molar-refractivity contribution in [3.05, 3.63) is 29.8 Å². The summed E-state index contributed by atoms with van der Waals surface area (Å²) >= 11 is 0. The molecular weight excluding hydrogens is 320 g/mol. The van der Waals surface area contributed by atoms with Crippen molar-refractivity contribution in [2.45, 2.75) is 24.5 Å². The Hall–Kier alpha value is -2.03. The normalized spacial score (nSPS) is 12.2. The number of carbonyl (C=O) groups is 2. The molecule has 0 saturated carbocycles. The molecule has 9 heteroatoms. The van der Waals surface area contributed by atoms with Crippen molar-refractivity contribution < 1.29 is 31.9 Å². The molecule has 0 radical (unpaired) electrons. The van der Waals surface area contributed by atoms with Gasteiger partial charge in [-0.25, -0.2) is 8.42 Å². The summed E-state index contributed by atoms with van der Waals surface area (Å²) in [6, 6.07) is 3.97. The number of benzene rings is 1. The standard InChI is InChI=1S/C13H15F2NO5S/c1-13(2,11(18)19)7-16-10(17)8-3-5-9(6-4-8)22(20,21)12(14)15/h3-6,12H,7H2,1-2H3,(H,16,17)(H,18,19). The Morgan fingerprint density at radius 1 is 1.23 bits per heavy atom. The Morgan fingerprint density at radius 2 is 1.73 bits per heavy atom. The first kappa shape index (κ1) is 18.0. The first-order valence-corrected chi connectivity index (χ1v) is 7.67. The van der Waals surface area contributed by atoms with Gasteiger partial charge in [0.15, 0.2) is 0 Å². The highest BCUT2D eigenvalue weighted by Gasteiger charge is 2.28. The van der Waals surface area contributed by atoms with Gasteiger partial charge in [-0.15, -0.1) is 0 Å². The molecule has 0 atom stereocenters. The second-order valence-corrected chi connectivity index (χ2v) is 7.12. The number of hydrogen-bond donors (Lipinski definition) is 2. The van der Waals surface area contributed by atoms with Gasteiger partial charge in [0.2, 0.25) is 9.84 Å². The molecule has 0 saturated heterocycles. The Labute approximate surface area is 126 Å². The van der Waals surface area contributed by atoms with E-state index in [1.807, 2.05) is 0 Å². The molecule has 1 amide bonds. The summed E-state index contributed by atoms with van der Waals surface area (Å²) in [4.78, 5) is 22.1. The summed E-state index contributed by atoms with van der Waals surface area (Å²) in [5.41, 5.74) is -1.14. The van der Waals surface area contributed by atoms with Crippen LogP contribution in [0.4, 0.5) is 8.78 Å². The fourth-order valence-corrected chi connectivity index (χ4v) is 2.10. The van der Waals surface area contributed by atoms with Crippen LogP contribution in [0, 0.1) is 5.41 Å². The number of amides is 1. The molecule has 0 aromatic heterocycles. The summed E-state index contributed by atoms with van der Waals surface area (Å²) < 4.78 is 47.2. The van der Waals surface area contributed by atoms with Crippen LogP contribution in [0.1, 0.15) is 24.2 Å². The molecule has 1 rings (SSSR count). The van der Waals surface area contributed by atoms with E-state index in [9.17, 15) is 26.8 Å². The lowest BCUT2D eigenvalue weighted by atomic mass is 9.94. The molecule has 6 nitrogen and oxygen atoms in total. The zero-order valence-corrected chi connectivity index (χ0v) is 12.7. The van der Waals surface area contributed by atoms with E-state index in [2.05, 4.69) is 5.32 Å². The highest BCUT2D eigenvalue weighted by atomic mass is 32.2. The zero-order chi connectivity index (χ0) is 17.1. The summed E-state index contributed by atoms with van der Waals surface area (Å²) in [5, 5.41) is 11.3. The molecule has 2 N–H and O–H groups in total. The van der Waals surface area contributed by atoms with Crippen molar-refractivity contribution >= 4 is 21.7 Å². The van der Waals surface area contributed by atoms with E-state index in [1.54, 1.807) is 0 Å². The molecule has 0 aliphatic carbocycles. The number of alkyl halides is 2. The highest BCUT2D eigenvalue weighted by molar-refractivity contribution is 7.91. The molecule has 1 aromatic rings. The SMILES string of the molecule is CC(C)(CNC(=O)c1ccc(S(=O)(=O)C(F)F)cc1)C(=O)O. The van der Waals surface area contributed by atoms with Crippen LogP contribution < -0.4 is 5.32 Å². The molecule has 1 aromatic carbocycles. The van der Waals surface area contributed by atoms with Crippen LogP contribution in [0.15, 0.2) is 29.2 Å². The predicted molar refractivity (Wildman–Crippen MR) is 73.4 cm³/mol. The molecule has 0 bridgehead atoms. The number of halogens is 2. The van der Waals surface area contributed by atoms with Crippen molar-refractivity contribution in [3.8, 4) is 0 Å². The Balaban J connectivity index is 2.84. The molecule has 0 unspecified atom stereocenters. The largest absolute Gasteiger partial charge is 0.481 e. The van der Waals surface area contributed by atoms with Crippen LogP contribution in [0.2, 0.25) is 0 Å². The van der Waals surface area contributed by atoms with E-state index in [-0.39, 0.29) is 12.1 Å². The number of aliphatic carboxylic acids is 1. The third-order valence-electron chi connectivity index (χ3n) is 2.95. The van der Waals surface area contributed by atoms with Gasteiger partial charge >= 0.3 is 11.7 Å². The van der Waals surface area contributed by atoms with E-state index >= 15 is 0 Å². The molecule has 0 aliphatic rings. The molecular formula is C13H15F2NO5S. The van der Waals surface area contributed by atoms with Gasteiger partial charge < -0.3 is 10.4 Å². The van der Waals surface area contributed by atoms with E-state index < -0.39 is 37.8 Å². The third-order valence-corrected chi connectivity index (χ3v) is 4.35. The van der Waals surface area contributed by atoms with E-state index in [0.29, 0.717) is 0 Å². The van der Waals surface area contributed by atoms with Crippen molar-refractivity contribution in [1.29, 1.82) is 0 Å². The summed E-state index contributed by atoms with van der Waals surface area (Å²) in [7, 11) is -4.71. The van der Waals surface area contributed by atoms with Gasteiger partial charge in [-0.1, -0.05) is 0 Å². The lowest BCUT2D eigenvalue weighted by Gasteiger charge is -2.19. The van der Waals surface area contributed by atoms with Crippen LogP contribution in [-0.4, -0.2) is 37.7 Å². The van der Waals surface area contributed by atoms with Gasteiger partial charge in [0.1, 0.15) is 0 Å². The van der Waals surface area contributed by atoms with Crippen molar-refractivity contribution in [2.24, 2.45) is 5.41 Å². The van der Waals surface area contributed by atoms with Crippen molar-refractivity contribution in [3.63, 3.8) is 0 Å². The average molecular weight is 335 g/mol. The summed E-state index contributed by atoms with van der Waals surface area (Å²) in [5.74, 6) is -5.26. The number of nitrogens with one attached hydrogen (secondary N) is 1. The monoisotopic (exact) mass is 335 g/mol. The molecule has 22 heavy (non-hydrogen) atoms. The predicted octanol–water partition coefficient (Wildman–Crippen LogP) is 1.52. The first-order valence-electron chi connectivity index (χ1n) is 6.12. The van der Waals surface area contributed by atoms with Gasteiger partial charge in [-0.05, 0) is 38.1 Å². The zero-order valence-electron chi connectivity index (χ0n) is 11.8. The van der Waals surface area contributed by atoms with Gasteiger partial charge in [0.05, 0.1) is 10.3 Å². The number of hydrogen-bond acceptors (Lipinski definition) is 4. The molecule has 0 heterocycles. The molecule has 122 valence electrons. The number of carboxylic acid groups (broad SMARTS) is 1. The average Bonchev–Trinajstić information content (AvgIpc) is 2.44. The minimum absolute atomic E-state index is 0.0365. The lowest BCUT2D eigenvalue weighted by molar-refractivity contribution is -0.146. The van der Waals surface area contributed by atoms with E-state index in [4.69, 9.17) is 5.11 Å². The molecule has 0 fully saturated rings. The maximum absolute atomic E-state index is 12.4. The van der Waals surface area contributed by atoms with E-state index in [1.165, 1.54) is 13.8 Å². The van der Waals surface area contributed by atoms with E-state index in [0.717, 1.165) is 24.3 Å². The van der Waals surface area contributed by atoms with Gasteiger partial charge in [0.25, 0.3) is 5.91 Å². The Kier molecular flexibility index (Phi) is 5.23. The molecule has 0 aliphatic heterocycles. The molecule has 0 spiro atoms. The number of rotatable bonds is 6. The first-order chi connectivity index (χ1) is 9.98. The topological polar surface area (TPSA) is 101 Å². The van der Waals surface area contributed by atoms with Crippen LogP contribution in [0.25, 0.3) is 0 Å².